The van der Waals surface area contributed by atoms with Gasteiger partial charge in [0.2, 0.25) is 5.91 Å². The number of anilines is 1. The first-order valence-corrected chi connectivity index (χ1v) is 11.0. The molecule has 1 aliphatic heterocycles. The van der Waals surface area contributed by atoms with E-state index in [1.54, 1.807) is 29.1 Å². The van der Waals surface area contributed by atoms with E-state index in [4.69, 9.17) is 0 Å². The van der Waals surface area contributed by atoms with Crippen molar-refractivity contribution in [2.75, 3.05) is 5.32 Å². The van der Waals surface area contributed by atoms with E-state index in [1.165, 1.54) is 6.07 Å². The molecule has 2 aromatic heterocycles. The average molecular weight is 427 g/mol. The lowest BCUT2D eigenvalue weighted by atomic mass is 10.0. The van der Waals surface area contributed by atoms with Crippen molar-refractivity contribution in [3.05, 3.63) is 47.8 Å². The molecule has 156 valence electrons. The van der Waals surface area contributed by atoms with Gasteiger partial charge in [-0.15, -0.1) is 0 Å². The number of aromatic nitrogens is 3. The number of nitrogens with one attached hydrogen (secondary N) is 2. The topological polar surface area (TPSA) is 118 Å². The SMILES string of the molecule is Cc1nn(C)c2ncc(NC(=O)[C@@H](N=C3NS(=O)(=O)c4ccccc43)C(C)C)cc12. The molecule has 9 nitrogen and oxygen atoms in total. The minimum atomic E-state index is -3.67. The second-order valence-corrected chi connectivity index (χ2v) is 9.21. The van der Waals surface area contributed by atoms with Crippen LogP contribution < -0.4 is 10.0 Å². The Morgan fingerprint density at radius 2 is 2.00 bits per heavy atom. The number of amidine groups is 1. The van der Waals surface area contributed by atoms with Gasteiger partial charge in [-0.3, -0.25) is 19.2 Å². The number of aryl methyl sites for hydroxylation is 2. The van der Waals surface area contributed by atoms with Crippen molar-refractivity contribution in [3.8, 4) is 0 Å². The molecule has 1 atom stereocenters. The molecule has 1 amide bonds. The monoisotopic (exact) mass is 426 g/mol. The van der Waals surface area contributed by atoms with Gasteiger partial charge in [-0.05, 0) is 31.0 Å². The first-order chi connectivity index (χ1) is 14.2. The largest absolute Gasteiger partial charge is 0.323 e. The van der Waals surface area contributed by atoms with Crippen LogP contribution in [0.25, 0.3) is 11.0 Å². The van der Waals surface area contributed by atoms with E-state index in [0.717, 1.165) is 16.7 Å². The molecule has 30 heavy (non-hydrogen) atoms. The fourth-order valence-electron chi connectivity index (χ4n) is 3.47. The van der Waals surface area contributed by atoms with Gasteiger partial charge in [0.25, 0.3) is 10.0 Å². The summed E-state index contributed by atoms with van der Waals surface area (Å²) >= 11 is 0. The summed E-state index contributed by atoms with van der Waals surface area (Å²) in [5.74, 6) is -0.327. The normalized spacial score (nSPS) is 17.2. The third-order valence-electron chi connectivity index (χ3n) is 4.96. The maximum atomic E-state index is 13.0. The van der Waals surface area contributed by atoms with Gasteiger partial charge in [0, 0.05) is 18.0 Å². The lowest BCUT2D eigenvalue weighted by Gasteiger charge is -2.17. The summed E-state index contributed by atoms with van der Waals surface area (Å²) in [4.78, 5) is 22.0. The molecule has 0 bridgehead atoms. The summed E-state index contributed by atoms with van der Waals surface area (Å²) < 4.78 is 28.8. The number of aliphatic imine (C=N–C) groups is 1. The van der Waals surface area contributed by atoms with Crippen molar-refractivity contribution in [2.45, 2.75) is 31.7 Å². The molecule has 0 spiro atoms. The van der Waals surface area contributed by atoms with E-state index in [-0.39, 0.29) is 22.6 Å². The van der Waals surface area contributed by atoms with E-state index in [9.17, 15) is 13.2 Å². The lowest BCUT2D eigenvalue weighted by molar-refractivity contribution is -0.118. The maximum Gasteiger partial charge on any atom is 0.263 e. The maximum absolute atomic E-state index is 13.0. The average Bonchev–Trinajstić information content (AvgIpc) is 3.12. The Labute approximate surface area is 174 Å². The van der Waals surface area contributed by atoms with Crippen LogP contribution in [0.5, 0.6) is 0 Å². The lowest BCUT2D eigenvalue weighted by Crippen LogP contribution is -2.34. The highest BCUT2D eigenvalue weighted by molar-refractivity contribution is 7.90. The van der Waals surface area contributed by atoms with Crippen LogP contribution >= 0.6 is 0 Å². The highest BCUT2D eigenvalue weighted by Crippen LogP contribution is 2.24. The van der Waals surface area contributed by atoms with Crippen LogP contribution in [0.3, 0.4) is 0 Å². The Morgan fingerprint density at radius 3 is 2.73 bits per heavy atom. The number of amides is 1. The second kappa shape index (κ2) is 7.21. The molecular weight excluding hydrogens is 404 g/mol. The molecule has 3 aromatic rings. The van der Waals surface area contributed by atoms with Gasteiger partial charge in [0.1, 0.15) is 11.9 Å². The quantitative estimate of drug-likeness (QED) is 0.661. The summed E-state index contributed by atoms with van der Waals surface area (Å²) in [6.07, 6.45) is 1.57. The Hall–Kier alpha value is -3.27. The Kier molecular flexibility index (Phi) is 4.81. The number of nitrogens with zero attached hydrogens (tertiary/aromatic N) is 4. The zero-order valence-electron chi connectivity index (χ0n) is 17.0. The van der Waals surface area contributed by atoms with Crippen LogP contribution in [-0.4, -0.2) is 41.0 Å². The number of fused-ring (bicyclic) bond motifs is 2. The molecule has 2 N–H and O–H groups in total. The highest BCUT2D eigenvalue weighted by Gasteiger charge is 2.32. The van der Waals surface area contributed by atoms with E-state index in [1.807, 2.05) is 33.9 Å². The Morgan fingerprint density at radius 1 is 1.27 bits per heavy atom. The predicted octanol–water partition coefficient (Wildman–Crippen LogP) is 1.98. The van der Waals surface area contributed by atoms with Gasteiger partial charge < -0.3 is 5.32 Å². The number of rotatable bonds is 4. The van der Waals surface area contributed by atoms with E-state index in [0.29, 0.717) is 11.3 Å². The van der Waals surface area contributed by atoms with Crippen LogP contribution in [-0.2, 0) is 21.9 Å². The number of pyridine rings is 1. The first-order valence-electron chi connectivity index (χ1n) is 9.47. The summed E-state index contributed by atoms with van der Waals surface area (Å²) in [6.45, 7) is 5.59. The third kappa shape index (κ3) is 3.43. The van der Waals surface area contributed by atoms with Crippen molar-refractivity contribution >= 4 is 38.5 Å². The number of hydrogen-bond acceptors (Lipinski definition) is 6. The molecule has 0 saturated carbocycles. The molecule has 1 aliphatic rings. The van der Waals surface area contributed by atoms with Gasteiger partial charge >= 0.3 is 0 Å². The molecule has 0 aliphatic carbocycles. The van der Waals surface area contributed by atoms with Crippen molar-refractivity contribution in [2.24, 2.45) is 18.0 Å². The summed E-state index contributed by atoms with van der Waals surface area (Å²) in [5, 5.41) is 8.03. The highest BCUT2D eigenvalue weighted by atomic mass is 32.2. The van der Waals surface area contributed by atoms with Crippen LogP contribution in [0.4, 0.5) is 5.69 Å². The fraction of sp³-hybridized carbons (Fsp3) is 0.300. The van der Waals surface area contributed by atoms with E-state index in [2.05, 4.69) is 25.1 Å². The Balaban J connectivity index is 1.65. The molecule has 0 radical (unpaired) electrons. The van der Waals surface area contributed by atoms with Crippen molar-refractivity contribution in [1.29, 1.82) is 0 Å². The zero-order chi connectivity index (χ0) is 21.6. The number of sulfonamides is 1. The van der Waals surface area contributed by atoms with Crippen molar-refractivity contribution in [1.82, 2.24) is 19.5 Å². The van der Waals surface area contributed by atoms with E-state index >= 15 is 0 Å². The first kappa shape index (κ1) is 20.0. The predicted molar refractivity (Wildman–Crippen MR) is 114 cm³/mol. The number of carbonyl (C=O) groups excluding carboxylic acids is 1. The van der Waals surface area contributed by atoms with Crippen LogP contribution in [0.1, 0.15) is 25.1 Å². The third-order valence-corrected chi connectivity index (χ3v) is 6.36. The molecule has 4 rings (SSSR count). The molecule has 0 fully saturated rings. The minimum Gasteiger partial charge on any atom is -0.323 e. The molecule has 0 unspecified atom stereocenters. The Bertz CT molecular complexity index is 1290. The molecule has 1 aromatic carbocycles. The van der Waals surface area contributed by atoms with Crippen molar-refractivity contribution < 1.29 is 13.2 Å². The van der Waals surface area contributed by atoms with Crippen LogP contribution in [0.2, 0.25) is 0 Å². The number of benzene rings is 1. The zero-order valence-corrected chi connectivity index (χ0v) is 17.9. The van der Waals surface area contributed by atoms with Gasteiger partial charge in [-0.1, -0.05) is 26.0 Å². The number of carbonyl (C=O) groups is 1. The molecule has 0 saturated heterocycles. The molecule has 3 heterocycles. The van der Waals surface area contributed by atoms with Crippen LogP contribution in [0, 0.1) is 12.8 Å². The number of hydrogen-bond donors (Lipinski definition) is 2. The van der Waals surface area contributed by atoms with Gasteiger partial charge in [0.15, 0.2) is 5.65 Å². The smallest absolute Gasteiger partial charge is 0.263 e. The van der Waals surface area contributed by atoms with Crippen molar-refractivity contribution in [3.63, 3.8) is 0 Å². The van der Waals surface area contributed by atoms with Gasteiger partial charge in [-0.2, -0.15) is 5.10 Å². The molecular formula is C20H22N6O3S. The fourth-order valence-corrected chi connectivity index (χ4v) is 4.71. The van der Waals surface area contributed by atoms with Crippen LogP contribution in [0.15, 0.2) is 46.4 Å². The van der Waals surface area contributed by atoms with Gasteiger partial charge in [-0.25, -0.2) is 13.4 Å². The second-order valence-electron chi connectivity index (χ2n) is 7.56. The summed E-state index contributed by atoms with van der Waals surface area (Å²) in [7, 11) is -1.86. The molecule has 10 heteroatoms. The summed E-state index contributed by atoms with van der Waals surface area (Å²) in [5.41, 5.74) is 2.53. The summed E-state index contributed by atoms with van der Waals surface area (Å²) in [6, 6.07) is 7.60. The van der Waals surface area contributed by atoms with Gasteiger partial charge in [0.05, 0.1) is 22.5 Å². The van der Waals surface area contributed by atoms with E-state index < -0.39 is 16.1 Å². The standard InChI is InChI=1S/C20H22N6O3S/c1-11(2)17(23-18-14-7-5-6-8-16(14)30(28,29)25-18)20(27)22-13-9-15-12(3)24-26(4)19(15)21-10-13/h5-11,17H,1-4H3,(H,22,27)(H,23,25)/t17-/m0/s1. The minimum absolute atomic E-state index is 0.161.